The van der Waals surface area contributed by atoms with E-state index in [9.17, 15) is 9.90 Å². The summed E-state index contributed by atoms with van der Waals surface area (Å²) in [5.74, 6) is -0.304. The molecule has 0 aromatic heterocycles. The first kappa shape index (κ1) is 18.3. The van der Waals surface area contributed by atoms with E-state index in [1.807, 2.05) is 18.9 Å². The van der Waals surface area contributed by atoms with Crippen molar-refractivity contribution in [3.05, 3.63) is 0 Å². The summed E-state index contributed by atoms with van der Waals surface area (Å²) in [7, 11) is 3.45. The van der Waals surface area contributed by atoms with Crippen LogP contribution in [0.2, 0.25) is 0 Å². The number of carbonyl (C=O) groups excluding carboxylic acids is 1. The Bertz CT molecular complexity index is 364. The fraction of sp³-hybridized carbons (Fsp3) is 0.929. The van der Waals surface area contributed by atoms with Gasteiger partial charge in [0.2, 0.25) is 5.91 Å². The number of nitrogens with zero attached hydrogens (tertiary/aromatic N) is 1. The predicted molar refractivity (Wildman–Crippen MR) is 79.9 cm³/mol. The summed E-state index contributed by atoms with van der Waals surface area (Å²) >= 11 is 0. The van der Waals surface area contributed by atoms with Crippen molar-refractivity contribution in [3.8, 4) is 0 Å². The van der Waals surface area contributed by atoms with Crippen LogP contribution in [0.5, 0.6) is 0 Å². The van der Waals surface area contributed by atoms with Crippen molar-refractivity contribution in [2.45, 2.75) is 44.0 Å². The highest BCUT2D eigenvalue weighted by atomic mass is 16.5. The first-order valence-electron chi connectivity index (χ1n) is 7.20. The molecule has 0 bridgehead atoms. The van der Waals surface area contributed by atoms with Crippen LogP contribution in [0.25, 0.3) is 0 Å². The number of nitrogens with one attached hydrogen (secondary N) is 1. The van der Waals surface area contributed by atoms with Crippen molar-refractivity contribution >= 4 is 5.91 Å². The summed E-state index contributed by atoms with van der Waals surface area (Å²) in [5.41, 5.74) is 4.55. The van der Waals surface area contributed by atoms with E-state index < -0.39 is 17.2 Å². The molecule has 1 unspecified atom stereocenters. The quantitative estimate of drug-likeness (QED) is 0.578. The third-order valence-corrected chi connectivity index (χ3v) is 4.58. The van der Waals surface area contributed by atoms with Crippen LogP contribution in [0.3, 0.4) is 0 Å². The molecule has 7 heteroatoms. The summed E-state index contributed by atoms with van der Waals surface area (Å²) in [6.07, 6.45) is 0. The second kappa shape index (κ2) is 7.02. The largest absolute Gasteiger partial charge is 0.394 e. The van der Waals surface area contributed by atoms with Crippen LogP contribution in [-0.4, -0.2) is 79.7 Å². The van der Waals surface area contributed by atoms with Crippen LogP contribution in [0.1, 0.15) is 20.8 Å². The maximum absolute atomic E-state index is 12.2. The molecule has 1 rings (SSSR count). The number of hydrogen-bond acceptors (Lipinski definition) is 6. The number of rotatable bonds is 6. The van der Waals surface area contributed by atoms with Gasteiger partial charge in [0.1, 0.15) is 6.04 Å². The van der Waals surface area contributed by atoms with Gasteiger partial charge in [-0.2, -0.15) is 0 Å². The Labute approximate surface area is 126 Å². The van der Waals surface area contributed by atoms with Gasteiger partial charge in [-0.3, -0.25) is 9.69 Å². The van der Waals surface area contributed by atoms with E-state index in [1.54, 1.807) is 13.8 Å². The first-order valence-corrected chi connectivity index (χ1v) is 7.20. The lowest BCUT2D eigenvalue weighted by Crippen LogP contribution is -2.67. The minimum Gasteiger partial charge on any atom is -0.394 e. The molecule has 1 saturated heterocycles. The van der Waals surface area contributed by atoms with Crippen LogP contribution in [0, 0.1) is 0 Å². The zero-order valence-electron chi connectivity index (χ0n) is 13.7. The standard InChI is InChI=1S/C14H29N3O4/c1-10-6-21-9-14(8-18,17(10)4)7-16-12(19)11(15)13(2,3)20-5/h10-11,18H,6-9,15H2,1-5H3,(H,16,19)/t10-,11?,14+/m1/s1. The molecule has 0 saturated carbocycles. The maximum Gasteiger partial charge on any atom is 0.239 e. The summed E-state index contributed by atoms with van der Waals surface area (Å²) < 4.78 is 10.8. The number of nitrogens with two attached hydrogens (primary N) is 1. The molecular weight excluding hydrogens is 274 g/mol. The molecule has 0 aromatic rings. The molecule has 0 spiro atoms. The van der Waals surface area contributed by atoms with Crippen LogP contribution >= 0.6 is 0 Å². The van der Waals surface area contributed by atoms with Gasteiger partial charge in [0.25, 0.3) is 0 Å². The minimum absolute atomic E-state index is 0.100. The van der Waals surface area contributed by atoms with Gasteiger partial charge >= 0.3 is 0 Å². The van der Waals surface area contributed by atoms with Crippen molar-refractivity contribution in [1.29, 1.82) is 0 Å². The van der Waals surface area contributed by atoms with Gasteiger partial charge in [0.15, 0.2) is 0 Å². The van der Waals surface area contributed by atoms with E-state index in [0.717, 1.165) is 0 Å². The van der Waals surface area contributed by atoms with Gasteiger partial charge in [-0.05, 0) is 27.8 Å². The summed E-state index contributed by atoms with van der Waals surface area (Å²) in [6, 6.07) is -0.614. The van der Waals surface area contributed by atoms with Crippen molar-refractivity contribution in [3.63, 3.8) is 0 Å². The number of ether oxygens (including phenoxy) is 2. The lowest BCUT2D eigenvalue weighted by atomic mass is 9.94. The summed E-state index contributed by atoms with van der Waals surface area (Å²) in [6.45, 7) is 6.70. The Kier molecular flexibility index (Phi) is 6.12. The number of hydrogen-bond donors (Lipinski definition) is 3. The van der Waals surface area contributed by atoms with E-state index in [4.69, 9.17) is 15.2 Å². The van der Waals surface area contributed by atoms with Crippen LogP contribution in [0.15, 0.2) is 0 Å². The molecule has 0 radical (unpaired) electrons. The number of carbonyl (C=O) groups is 1. The Morgan fingerprint density at radius 2 is 2.29 bits per heavy atom. The summed E-state index contributed by atoms with van der Waals surface area (Å²) in [4.78, 5) is 14.2. The smallest absolute Gasteiger partial charge is 0.239 e. The third kappa shape index (κ3) is 3.92. The Hall–Kier alpha value is -0.730. The Morgan fingerprint density at radius 3 is 2.81 bits per heavy atom. The average molecular weight is 303 g/mol. The molecule has 1 aliphatic rings. The molecule has 1 fully saturated rings. The van der Waals surface area contributed by atoms with E-state index in [-0.39, 0.29) is 25.1 Å². The fourth-order valence-corrected chi connectivity index (χ4v) is 2.29. The normalized spacial score (nSPS) is 29.2. The van der Waals surface area contributed by atoms with Gasteiger partial charge in [0.05, 0.1) is 31.0 Å². The zero-order valence-corrected chi connectivity index (χ0v) is 13.7. The van der Waals surface area contributed by atoms with E-state index >= 15 is 0 Å². The number of methoxy groups -OCH3 is 1. The van der Waals surface area contributed by atoms with Crippen LogP contribution < -0.4 is 11.1 Å². The highest BCUT2D eigenvalue weighted by Crippen LogP contribution is 2.21. The predicted octanol–water partition coefficient (Wildman–Crippen LogP) is -1.06. The van der Waals surface area contributed by atoms with Gasteiger partial charge in [-0.15, -0.1) is 0 Å². The number of morpholine rings is 1. The number of likely N-dealkylation sites (N-methyl/N-ethyl adjacent to an activating group) is 1. The highest BCUT2D eigenvalue weighted by molar-refractivity contribution is 5.82. The lowest BCUT2D eigenvalue weighted by molar-refractivity contribution is -0.133. The molecule has 0 aromatic carbocycles. The van der Waals surface area contributed by atoms with Gasteiger partial charge in [0, 0.05) is 19.7 Å². The maximum atomic E-state index is 12.2. The minimum atomic E-state index is -0.787. The Balaban J connectivity index is 2.69. The van der Waals surface area contributed by atoms with Gasteiger partial charge < -0.3 is 25.6 Å². The lowest BCUT2D eigenvalue weighted by Gasteiger charge is -2.47. The molecule has 1 aliphatic heterocycles. The van der Waals surface area contributed by atoms with E-state index in [2.05, 4.69) is 5.32 Å². The monoisotopic (exact) mass is 303 g/mol. The molecule has 0 aliphatic carbocycles. The topological polar surface area (TPSA) is 97.0 Å². The van der Waals surface area contributed by atoms with Crippen molar-refractivity contribution in [2.24, 2.45) is 5.73 Å². The number of amides is 1. The number of aliphatic hydroxyl groups excluding tert-OH is 1. The molecule has 7 nitrogen and oxygen atoms in total. The Morgan fingerprint density at radius 1 is 1.67 bits per heavy atom. The molecule has 1 heterocycles. The van der Waals surface area contributed by atoms with Crippen molar-refractivity contribution in [2.75, 3.05) is 40.5 Å². The fourth-order valence-electron chi connectivity index (χ4n) is 2.29. The zero-order chi connectivity index (χ0) is 16.3. The second-order valence-corrected chi connectivity index (χ2v) is 6.36. The van der Waals surface area contributed by atoms with Gasteiger partial charge in [-0.25, -0.2) is 0 Å². The number of aliphatic hydroxyl groups is 1. The van der Waals surface area contributed by atoms with Gasteiger partial charge in [-0.1, -0.05) is 0 Å². The second-order valence-electron chi connectivity index (χ2n) is 6.36. The SMILES string of the molecule is COC(C)(C)C(N)C(=O)NC[C@]1(CO)COC[C@@H](C)N1C. The summed E-state index contributed by atoms with van der Waals surface area (Å²) in [5, 5.41) is 12.6. The van der Waals surface area contributed by atoms with Crippen LogP contribution in [-0.2, 0) is 14.3 Å². The van der Waals surface area contributed by atoms with Crippen LogP contribution in [0.4, 0.5) is 0 Å². The highest BCUT2D eigenvalue weighted by Gasteiger charge is 2.41. The molecule has 21 heavy (non-hydrogen) atoms. The van der Waals surface area contributed by atoms with Crippen molar-refractivity contribution < 1.29 is 19.4 Å². The molecule has 124 valence electrons. The molecular formula is C14H29N3O4. The average Bonchev–Trinajstić information content (AvgIpc) is 2.48. The molecule has 1 amide bonds. The first-order chi connectivity index (χ1) is 9.70. The van der Waals surface area contributed by atoms with Crippen molar-refractivity contribution in [1.82, 2.24) is 10.2 Å². The molecule has 4 N–H and O–H groups in total. The third-order valence-electron chi connectivity index (χ3n) is 4.58. The molecule has 3 atom stereocenters. The van der Waals surface area contributed by atoms with E-state index in [0.29, 0.717) is 13.2 Å². The van der Waals surface area contributed by atoms with E-state index in [1.165, 1.54) is 7.11 Å².